The number of methoxy groups -OCH3 is 2. The summed E-state index contributed by atoms with van der Waals surface area (Å²) in [6, 6.07) is 6.07. The Morgan fingerprint density at radius 2 is 1.92 bits per heavy atom. The molecule has 1 aliphatic rings. The van der Waals surface area contributed by atoms with Gasteiger partial charge in [-0.15, -0.1) is 24.0 Å². The first-order valence-corrected chi connectivity index (χ1v) is 8.54. The molecule has 0 amide bonds. The Balaban J connectivity index is 0.00000312. The van der Waals surface area contributed by atoms with Crippen molar-refractivity contribution in [2.24, 2.45) is 4.99 Å². The molecule has 1 aromatic carbocycles. The maximum Gasteiger partial charge on any atom is 0.191 e. The topological polar surface area (TPSA) is 64.1 Å². The zero-order valence-corrected chi connectivity index (χ0v) is 17.7. The van der Waals surface area contributed by atoms with Gasteiger partial charge in [-0.25, -0.2) is 0 Å². The Labute approximate surface area is 167 Å². The van der Waals surface area contributed by atoms with Gasteiger partial charge in [0, 0.05) is 27.2 Å². The van der Waals surface area contributed by atoms with Crippen LogP contribution in [0.3, 0.4) is 0 Å². The van der Waals surface area contributed by atoms with Crippen molar-refractivity contribution in [1.82, 2.24) is 10.6 Å². The van der Waals surface area contributed by atoms with Gasteiger partial charge < -0.3 is 24.8 Å². The fourth-order valence-electron chi connectivity index (χ4n) is 2.78. The molecule has 2 rings (SSSR count). The summed E-state index contributed by atoms with van der Waals surface area (Å²) in [7, 11) is 5.11. The first-order valence-electron chi connectivity index (χ1n) is 8.54. The van der Waals surface area contributed by atoms with Crippen molar-refractivity contribution in [2.75, 3.05) is 34.4 Å². The SMILES string of the molecule is CN=C(NCCOC)NCc1ccc(OC2CCCC2)c(OC)c1.I. The van der Waals surface area contributed by atoms with Crippen molar-refractivity contribution in [3.8, 4) is 11.5 Å². The Hall–Kier alpha value is -1.22. The first-order chi connectivity index (χ1) is 11.8. The van der Waals surface area contributed by atoms with E-state index in [1.54, 1.807) is 21.3 Å². The number of hydrogen-bond donors (Lipinski definition) is 2. The number of nitrogens with zero attached hydrogens (tertiary/aromatic N) is 1. The summed E-state index contributed by atoms with van der Waals surface area (Å²) in [6.45, 7) is 2.02. The second-order valence-electron chi connectivity index (χ2n) is 5.85. The van der Waals surface area contributed by atoms with Gasteiger partial charge in [-0.05, 0) is 43.4 Å². The molecular formula is C18H30IN3O3. The number of guanidine groups is 1. The molecule has 0 bridgehead atoms. The third-order valence-electron chi connectivity index (χ3n) is 4.11. The molecule has 0 atom stereocenters. The minimum atomic E-state index is 0. The van der Waals surface area contributed by atoms with Gasteiger partial charge in [-0.3, -0.25) is 4.99 Å². The molecular weight excluding hydrogens is 433 g/mol. The second-order valence-corrected chi connectivity index (χ2v) is 5.85. The lowest BCUT2D eigenvalue weighted by atomic mass is 10.2. The number of hydrogen-bond acceptors (Lipinski definition) is 4. The standard InChI is InChI=1S/C18H29N3O3.HI/c1-19-18(20-10-11-22-2)21-13-14-8-9-16(17(12-14)23-3)24-15-6-4-5-7-15;/h8-9,12,15H,4-7,10-11,13H2,1-3H3,(H2,19,20,21);1H. The highest BCUT2D eigenvalue weighted by Gasteiger charge is 2.18. The van der Waals surface area contributed by atoms with E-state index < -0.39 is 0 Å². The number of rotatable bonds is 8. The highest BCUT2D eigenvalue weighted by atomic mass is 127. The highest BCUT2D eigenvalue weighted by Crippen LogP contribution is 2.32. The molecule has 142 valence electrons. The molecule has 0 spiro atoms. The van der Waals surface area contributed by atoms with E-state index >= 15 is 0 Å². The van der Waals surface area contributed by atoms with E-state index in [9.17, 15) is 0 Å². The van der Waals surface area contributed by atoms with E-state index in [1.165, 1.54) is 12.8 Å². The monoisotopic (exact) mass is 463 g/mol. The van der Waals surface area contributed by atoms with E-state index in [0.29, 0.717) is 25.8 Å². The molecule has 0 aliphatic heterocycles. The lowest BCUT2D eigenvalue weighted by Gasteiger charge is -2.17. The zero-order chi connectivity index (χ0) is 17.2. The maximum absolute atomic E-state index is 6.07. The van der Waals surface area contributed by atoms with Gasteiger partial charge >= 0.3 is 0 Å². The number of nitrogens with one attached hydrogen (secondary N) is 2. The van der Waals surface area contributed by atoms with E-state index in [4.69, 9.17) is 14.2 Å². The van der Waals surface area contributed by atoms with Gasteiger partial charge in [0.2, 0.25) is 0 Å². The van der Waals surface area contributed by atoms with Crippen molar-refractivity contribution in [3.05, 3.63) is 23.8 Å². The molecule has 1 aromatic rings. The fraction of sp³-hybridized carbons (Fsp3) is 0.611. The Morgan fingerprint density at radius 1 is 1.16 bits per heavy atom. The Kier molecular flexibility index (Phi) is 10.6. The normalized spacial score (nSPS) is 14.8. The molecule has 1 fully saturated rings. The Bertz CT molecular complexity index is 534. The largest absolute Gasteiger partial charge is 0.493 e. The van der Waals surface area contributed by atoms with Crippen molar-refractivity contribution >= 4 is 29.9 Å². The van der Waals surface area contributed by atoms with Crippen molar-refractivity contribution in [1.29, 1.82) is 0 Å². The van der Waals surface area contributed by atoms with Crippen LogP contribution in [0.25, 0.3) is 0 Å². The molecule has 0 aromatic heterocycles. The van der Waals surface area contributed by atoms with Gasteiger partial charge in [0.25, 0.3) is 0 Å². The van der Waals surface area contributed by atoms with Crippen molar-refractivity contribution in [2.45, 2.75) is 38.3 Å². The third kappa shape index (κ3) is 7.27. The molecule has 0 saturated heterocycles. The predicted molar refractivity (Wildman–Crippen MR) is 111 cm³/mol. The molecule has 25 heavy (non-hydrogen) atoms. The van der Waals surface area contributed by atoms with E-state index in [0.717, 1.165) is 35.9 Å². The first kappa shape index (κ1) is 21.8. The summed E-state index contributed by atoms with van der Waals surface area (Å²) >= 11 is 0. The van der Waals surface area contributed by atoms with Gasteiger partial charge in [-0.2, -0.15) is 0 Å². The average Bonchev–Trinajstić information content (AvgIpc) is 3.12. The van der Waals surface area contributed by atoms with Gasteiger partial charge in [-0.1, -0.05) is 6.07 Å². The van der Waals surface area contributed by atoms with Crippen LogP contribution in [0.4, 0.5) is 0 Å². The molecule has 0 unspecified atom stereocenters. The summed E-state index contributed by atoms with van der Waals surface area (Å²) in [4.78, 5) is 4.19. The van der Waals surface area contributed by atoms with Crippen LogP contribution in [0.1, 0.15) is 31.2 Å². The minimum Gasteiger partial charge on any atom is -0.493 e. The molecule has 0 heterocycles. The zero-order valence-electron chi connectivity index (χ0n) is 15.3. The summed E-state index contributed by atoms with van der Waals surface area (Å²) in [5.74, 6) is 2.36. The van der Waals surface area contributed by atoms with Crippen molar-refractivity contribution in [3.63, 3.8) is 0 Å². The number of benzene rings is 1. The lowest BCUT2D eigenvalue weighted by molar-refractivity contribution is 0.200. The van der Waals surface area contributed by atoms with Gasteiger partial charge in [0.15, 0.2) is 17.5 Å². The summed E-state index contributed by atoms with van der Waals surface area (Å²) in [6.07, 6.45) is 5.10. The van der Waals surface area contributed by atoms with Crippen LogP contribution >= 0.6 is 24.0 Å². The summed E-state index contributed by atoms with van der Waals surface area (Å²) in [5.41, 5.74) is 1.11. The molecule has 2 N–H and O–H groups in total. The van der Waals surface area contributed by atoms with E-state index in [1.807, 2.05) is 12.1 Å². The highest BCUT2D eigenvalue weighted by molar-refractivity contribution is 14.0. The molecule has 0 radical (unpaired) electrons. The Morgan fingerprint density at radius 3 is 2.56 bits per heavy atom. The van der Waals surface area contributed by atoms with Crippen LogP contribution in [-0.4, -0.2) is 46.5 Å². The quantitative estimate of drug-likeness (QED) is 0.269. The predicted octanol–water partition coefficient (Wildman–Crippen LogP) is 2.95. The maximum atomic E-state index is 6.07. The summed E-state index contributed by atoms with van der Waals surface area (Å²) in [5, 5.41) is 6.46. The van der Waals surface area contributed by atoms with Crippen LogP contribution in [0.5, 0.6) is 11.5 Å². The number of ether oxygens (including phenoxy) is 3. The number of halogens is 1. The van der Waals surface area contributed by atoms with E-state index in [2.05, 4.69) is 21.7 Å². The van der Waals surface area contributed by atoms with Crippen LogP contribution in [0.2, 0.25) is 0 Å². The lowest BCUT2D eigenvalue weighted by Crippen LogP contribution is -2.38. The molecule has 7 heteroatoms. The van der Waals surface area contributed by atoms with Crippen LogP contribution in [0.15, 0.2) is 23.2 Å². The average molecular weight is 463 g/mol. The summed E-state index contributed by atoms with van der Waals surface area (Å²) < 4.78 is 16.6. The molecule has 6 nitrogen and oxygen atoms in total. The van der Waals surface area contributed by atoms with E-state index in [-0.39, 0.29) is 24.0 Å². The van der Waals surface area contributed by atoms with Gasteiger partial charge in [0.1, 0.15) is 0 Å². The third-order valence-corrected chi connectivity index (χ3v) is 4.11. The molecule has 1 aliphatic carbocycles. The smallest absolute Gasteiger partial charge is 0.191 e. The minimum absolute atomic E-state index is 0. The number of aliphatic imine (C=N–C) groups is 1. The van der Waals surface area contributed by atoms with Gasteiger partial charge in [0.05, 0.1) is 19.8 Å². The fourth-order valence-corrected chi connectivity index (χ4v) is 2.78. The van der Waals surface area contributed by atoms with Crippen LogP contribution in [-0.2, 0) is 11.3 Å². The van der Waals surface area contributed by atoms with Crippen LogP contribution in [0, 0.1) is 0 Å². The van der Waals surface area contributed by atoms with Crippen molar-refractivity contribution < 1.29 is 14.2 Å². The van der Waals surface area contributed by atoms with Crippen LogP contribution < -0.4 is 20.1 Å². The second kappa shape index (κ2) is 12.2. The molecule has 1 saturated carbocycles.